The Bertz CT molecular complexity index is 924. The molecule has 0 spiro atoms. The van der Waals surface area contributed by atoms with Gasteiger partial charge in [0, 0.05) is 6.07 Å². The number of benzene rings is 1. The number of hydrogen-bond donors (Lipinski definition) is 2. The summed E-state index contributed by atoms with van der Waals surface area (Å²) in [5.41, 5.74) is -2.18. The van der Waals surface area contributed by atoms with Crippen molar-refractivity contribution >= 4 is 22.1 Å². The summed E-state index contributed by atoms with van der Waals surface area (Å²) in [6.07, 6.45) is 0. The van der Waals surface area contributed by atoms with Gasteiger partial charge in [0.05, 0.1) is 11.0 Å². The van der Waals surface area contributed by atoms with Gasteiger partial charge in [-0.25, -0.2) is 29.8 Å². The molecule has 1 aromatic carbocycles. The lowest BCUT2D eigenvalue weighted by Gasteiger charge is -1.93. The van der Waals surface area contributed by atoms with Crippen molar-refractivity contribution < 1.29 is 10.1 Å². The SMILES string of the molecule is O=c1[nH]c2cc3[nH]c(=O)n([N+](=O)[O-])c3cc2n1[N+](=O)[O-]. The smallest absolute Gasteiger partial charge is 0.301 e. The molecule has 0 aliphatic carbocycles. The minimum absolute atomic E-state index is 0.0796. The van der Waals surface area contributed by atoms with Gasteiger partial charge in [-0.3, -0.25) is 0 Å². The van der Waals surface area contributed by atoms with Crippen LogP contribution in [0.3, 0.4) is 0 Å². The number of rotatable bonds is 2. The highest BCUT2D eigenvalue weighted by atomic mass is 16.7. The topological polar surface area (TPSA) is 162 Å². The first-order valence-electron chi connectivity index (χ1n) is 5.09. The minimum atomic E-state index is -0.993. The van der Waals surface area contributed by atoms with Crippen LogP contribution in [0.5, 0.6) is 0 Å². The van der Waals surface area contributed by atoms with Gasteiger partial charge >= 0.3 is 11.4 Å². The lowest BCUT2D eigenvalue weighted by molar-refractivity contribution is -0.541. The fourth-order valence-corrected chi connectivity index (χ4v) is 2.01. The van der Waals surface area contributed by atoms with Crippen LogP contribution in [0.1, 0.15) is 0 Å². The van der Waals surface area contributed by atoms with Gasteiger partial charge in [-0.2, -0.15) is 0 Å². The number of aromatic nitrogens is 4. The number of nitro groups is 2. The lowest BCUT2D eigenvalue weighted by Crippen LogP contribution is -2.24. The minimum Gasteiger partial charge on any atom is -0.301 e. The summed E-state index contributed by atoms with van der Waals surface area (Å²) in [7, 11) is 0. The van der Waals surface area contributed by atoms with Gasteiger partial charge in [-0.1, -0.05) is 0 Å². The van der Waals surface area contributed by atoms with Gasteiger partial charge in [-0.05, 0) is 15.4 Å². The zero-order valence-electron chi connectivity index (χ0n) is 9.39. The van der Waals surface area contributed by atoms with Crippen molar-refractivity contribution in [1.29, 1.82) is 0 Å². The largest absolute Gasteiger partial charge is 0.385 e. The highest BCUT2D eigenvalue weighted by Crippen LogP contribution is 2.18. The van der Waals surface area contributed by atoms with E-state index in [9.17, 15) is 29.8 Å². The summed E-state index contributed by atoms with van der Waals surface area (Å²) in [5, 5.41) is 19.7. The monoisotopic (exact) mass is 280 g/mol. The van der Waals surface area contributed by atoms with Crippen LogP contribution in [-0.4, -0.2) is 29.4 Å². The number of H-pyrrole nitrogens is 2. The average molecular weight is 280 g/mol. The van der Waals surface area contributed by atoms with Crippen LogP contribution in [0, 0.1) is 20.2 Å². The van der Waals surface area contributed by atoms with Crippen LogP contribution in [0.25, 0.3) is 22.1 Å². The van der Waals surface area contributed by atoms with E-state index in [1.165, 1.54) is 6.07 Å². The third-order valence-corrected chi connectivity index (χ3v) is 2.76. The van der Waals surface area contributed by atoms with Crippen molar-refractivity contribution in [3.8, 4) is 0 Å². The first-order valence-corrected chi connectivity index (χ1v) is 5.09. The first-order chi connectivity index (χ1) is 9.40. The van der Waals surface area contributed by atoms with Crippen LogP contribution in [0.15, 0.2) is 21.7 Å². The maximum atomic E-state index is 11.4. The fraction of sp³-hybridized carbons (Fsp3) is 0. The fourth-order valence-electron chi connectivity index (χ4n) is 2.01. The Morgan fingerprint density at radius 3 is 1.60 bits per heavy atom. The van der Waals surface area contributed by atoms with Crippen molar-refractivity contribution in [2.24, 2.45) is 0 Å². The van der Waals surface area contributed by atoms with E-state index >= 15 is 0 Å². The molecule has 0 aliphatic rings. The molecule has 0 amide bonds. The Kier molecular flexibility index (Phi) is 2.06. The first kappa shape index (κ1) is 11.6. The summed E-state index contributed by atoms with van der Waals surface area (Å²) >= 11 is 0. The summed E-state index contributed by atoms with van der Waals surface area (Å²) in [5.74, 6) is 0. The van der Waals surface area contributed by atoms with E-state index in [1.807, 2.05) is 0 Å². The predicted molar refractivity (Wildman–Crippen MR) is 63.5 cm³/mol. The second kappa shape index (κ2) is 3.53. The normalized spacial score (nSPS) is 11.2. The molecule has 20 heavy (non-hydrogen) atoms. The third-order valence-electron chi connectivity index (χ3n) is 2.76. The maximum absolute atomic E-state index is 11.4. The lowest BCUT2D eigenvalue weighted by atomic mass is 10.3. The molecule has 3 aromatic rings. The molecule has 12 nitrogen and oxygen atoms in total. The Labute approximate surface area is 106 Å². The molecule has 0 saturated carbocycles. The van der Waals surface area contributed by atoms with Crippen LogP contribution in [0.4, 0.5) is 0 Å². The van der Waals surface area contributed by atoms with E-state index in [0.717, 1.165) is 6.07 Å². The highest BCUT2D eigenvalue weighted by Gasteiger charge is 2.21. The van der Waals surface area contributed by atoms with Crippen molar-refractivity contribution in [3.63, 3.8) is 0 Å². The number of aromatic amines is 2. The molecule has 0 unspecified atom stereocenters. The van der Waals surface area contributed by atoms with Gasteiger partial charge in [-0.15, -0.1) is 0 Å². The van der Waals surface area contributed by atoms with E-state index in [4.69, 9.17) is 0 Å². The number of imidazole rings is 2. The summed E-state index contributed by atoms with van der Waals surface area (Å²) in [6, 6.07) is 2.24. The third kappa shape index (κ3) is 1.35. The molecule has 0 saturated heterocycles. The molecule has 0 radical (unpaired) electrons. The molecular formula is C8H4N6O6. The Morgan fingerprint density at radius 2 is 1.25 bits per heavy atom. The second-order valence-corrected chi connectivity index (χ2v) is 3.85. The van der Waals surface area contributed by atoms with Crippen molar-refractivity contribution in [2.45, 2.75) is 0 Å². The summed E-state index contributed by atoms with van der Waals surface area (Å²) in [6.45, 7) is 0. The number of hydrogen-bond acceptors (Lipinski definition) is 6. The van der Waals surface area contributed by atoms with E-state index in [0.29, 0.717) is 0 Å². The maximum Gasteiger partial charge on any atom is 0.385 e. The molecule has 2 heterocycles. The molecule has 0 atom stereocenters. The van der Waals surface area contributed by atoms with Crippen LogP contribution < -0.4 is 11.4 Å². The van der Waals surface area contributed by atoms with Gasteiger partial charge in [0.2, 0.25) is 0 Å². The quantitative estimate of drug-likeness (QED) is 0.454. The Morgan fingerprint density at radius 1 is 0.850 bits per heavy atom. The zero-order chi connectivity index (χ0) is 14.6. The molecule has 2 aromatic heterocycles. The molecule has 0 fully saturated rings. The Balaban J connectivity index is 2.55. The number of nitrogens with zero attached hydrogens (tertiary/aromatic N) is 4. The second-order valence-electron chi connectivity index (χ2n) is 3.85. The van der Waals surface area contributed by atoms with Crippen molar-refractivity contribution in [2.75, 3.05) is 0 Å². The molecule has 3 rings (SSSR count). The summed E-state index contributed by atoms with van der Waals surface area (Å²) in [4.78, 5) is 48.9. The van der Waals surface area contributed by atoms with E-state index < -0.39 is 21.4 Å². The summed E-state index contributed by atoms with van der Waals surface area (Å²) < 4.78 is 0.410. The standard InChI is InChI=1S/C8H4N6O6/c15-7-9-3-1-4-6(2-5(3)11(7)13(17)18)12(14(19)20)8(16)10-4/h1-2H,(H,9,15)(H,10,16). The van der Waals surface area contributed by atoms with Crippen LogP contribution in [0.2, 0.25) is 0 Å². The van der Waals surface area contributed by atoms with Crippen molar-refractivity contribution in [1.82, 2.24) is 19.3 Å². The predicted octanol–water partition coefficient (Wildman–Crippen LogP) is -0.948. The number of nitrogens with one attached hydrogen (secondary N) is 2. The van der Waals surface area contributed by atoms with E-state index in [1.54, 1.807) is 0 Å². The molecule has 0 aliphatic heterocycles. The molecule has 102 valence electrons. The Hall–Kier alpha value is -3.44. The van der Waals surface area contributed by atoms with E-state index in [-0.39, 0.29) is 31.4 Å². The van der Waals surface area contributed by atoms with E-state index in [2.05, 4.69) is 9.97 Å². The number of fused-ring (bicyclic) bond motifs is 2. The molecule has 12 heteroatoms. The molecular weight excluding hydrogens is 276 g/mol. The van der Waals surface area contributed by atoms with Crippen molar-refractivity contribution in [3.05, 3.63) is 53.3 Å². The van der Waals surface area contributed by atoms with Crippen LogP contribution in [-0.2, 0) is 0 Å². The average Bonchev–Trinajstić information content (AvgIpc) is 2.79. The van der Waals surface area contributed by atoms with Gasteiger partial charge < -0.3 is 9.97 Å². The molecule has 0 bridgehead atoms. The van der Waals surface area contributed by atoms with Gasteiger partial charge in [0.15, 0.2) is 10.1 Å². The zero-order valence-corrected chi connectivity index (χ0v) is 9.39. The van der Waals surface area contributed by atoms with Gasteiger partial charge in [0.25, 0.3) is 0 Å². The van der Waals surface area contributed by atoms with Gasteiger partial charge in [0.1, 0.15) is 11.0 Å². The molecule has 2 N–H and O–H groups in total. The highest BCUT2D eigenvalue weighted by molar-refractivity contribution is 5.91. The van der Waals surface area contributed by atoms with Crippen LogP contribution >= 0.6 is 0 Å².